The fourth-order valence-electron chi connectivity index (χ4n) is 1.94. The second-order valence-corrected chi connectivity index (χ2v) is 6.61. The molecule has 2 heteroatoms. The smallest absolute Gasteiger partial charge is 0.119 e. The van der Waals surface area contributed by atoms with Gasteiger partial charge < -0.3 is 9.47 Å². The summed E-state index contributed by atoms with van der Waals surface area (Å²) in [6, 6.07) is 8.43. The quantitative estimate of drug-likeness (QED) is 0.626. The van der Waals surface area contributed by atoms with Crippen molar-refractivity contribution < 1.29 is 9.47 Å². The Labute approximate surface area is 124 Å². The van der Waals surface area contributed by atoms with Crippen molar-refractivity contribution in [2.75, 3.05) is 13.2 Å². The minimum atomic E-state index is 0.174. The van der Waals surface area contributed by atoms with E-state index in [1.807, 2.05) is 6.07 Å². The maximum absolute atomic E-state index is 5.83. The van der Waals surface area contributed by atoms with E-state index in [0.717, 1.165) is 38.2 Å². The van der Waals surface area contributed by atoms with E-state index in [0.29, 0.717) is 6.10 Å². The number of hydrogen-bond donors (Lipinski definition) is 0. The monoisotopic (exact) mass is 278 g/mol. The SMILES string of the molecule is CC(C)OCCCCCOc1cccc(C(C)(C)C)c1. The van der Waals surface area contributed by atoms with Crippen LogP contribution in [0.15, 0.2) is 24.3 Å². The summed E-state index contributed by atoms with van der Waals surface area (Å²) in [7, 11) is 0. The van der Waals surface area contributed by atoms with Crippen LogP contribution in [0, 0.1) is 0 Å². The first-order valence-electron chi connectivity index (χ1n) is 7.74. The molecule has 0 saturated carbocycles. The highest BCUT2D eigenvalue weighted by Crippen LogP contribution is 2.25. The Balaban J connectivity index is 2.22. The fraction of sp³-hybridized carbons (Fsp3) is 0.667. The summed E-state index contributed by atoms with van der Waals surface area (Å²) >= 11 is 0. The van der Waals surface area contributed by atoms with Gasteiger partial charge in [-0.25, -0.2) is 0 Å². The normalized spacial score (nSPS) is 11.9. The summed E-state index contributed by atoms with van der Waals surface area (Å²) < 4.78 is 11.3. The molecule has 0 aromatic heterocycles. The molecule has 0 unspecified atom stereocenters. The van der Waals surface area contributed by atoms with E-state index in [9.17, 15) is 0 Å². The van der Waals surface area contributed by atoms with Gasteiger partial charge in [0.25, 0.3) is 0 Å². The lowest BCUT2D eigenvalue weighted by Crippen LogP contribution is -2.11. The van der Waals surface area contributed by atoms with Crippen molar-refractivity contribution in [3.63, 3.8) is 0 Å². The van der Waals surface area contributed by atoms with Gasteiger partial charge in [-0.05, 0) is 56.2 Å². The van der Waals surface area contributed by atoms with Crippen molar-refractivity contribution in [3.8, 4) is 5.75 Å². The molecule has 0 aliphatic heterocycles. The molecule has 0 atom stereocenters. The lowest BCUT2D eigenvalue weighted by atomic mass is 9.87. The van der Waals surface area contributed by atoms with E-state index in [-0.39, 0.29) is 5.41 Å². The summed E-state index contributed by atoms with van der Waals surface area (Å²) in [6.07, 6.45) is 3.70. The van der Waals surface area contributed by atoms with Gasteiger partial charge in [0.15, 0.2) is 0 Å². The van der Waals surface area contributed by atoms with E-state index in [2.05, 4.69) is 52.8 Å². The van der Waals surface area contributed by atoms with Crippen molar-refractivity contribution in [2.24, 2.45) is 0 Å². The molecule has 0 bridgehead atoms. The molecule has 0 radical (unpaired) electrons. The van der Waals surface area contributed by atoms with Gasteiger partial charge in [0, 0.05) is 6.61 Å². The van der Waals surface area contributed by atoms with Crippen molar-refractivity contribution in [3.05, 3.63) is 29.8 Å². The van der Waals surface area contributed by atoms with E-state index in [1.165, 1.54) is 5.56 Å². The zero-order valence-electron chi connectivity index (χ0n) is 13.7. The molecule has 0 aliphatic carbocycles. The average Bonchev–Trinajstić information content (AvgIpc) is 2.36. The van der Waals surface area contributed by atoms with Gasteiger partial charge in [-0.15, -0.1) is 0 Å². The Morgan fingerprint density at radius 3 is 2.35 bits per heavy atom. The predicted molar refractivity (Wildman–Crippen MR) is 85.6 cm³/mol. The molecule has 1 aromatic rings. The molecule has 0 saturated heterocycles. The van der Waals surface area contributed by atoms with Gasteiger partial charge in [0.1, 0.15) is 5.75 Å². The van der Waals surface area contributed by atoms with Gasteiger partial charge >= 0.3 is 0 Å². The van der Waals surface area contributed by atoms with Crippen LogP contribution in [0.3, 0.4) is 0 Å². The van der Waals surface area contributed by atoms with Gasteiger partial charge in [-0.2, -0.15) is 0 Å². The number of unbranched alkanes of at least 4 members (excludes halogenated alkanes) is 2. The number of hydrogen-bond acceptors (Lipinski definition) is 2. The van der Waals surface area contributed by atoms with Crippen LogP contribution < -0.4 is 4.74 Å². The van der Waals surface area contributed by atoms with Crippen LogP contribution in [0.1, 0.15) is 59.4 Å². The number of rotatable bonds is 8. The lowest BCUT2D eigenvalue weighted by molar-refractivity contribution is 0.0752. The zero-order valence-corrected chi connectivity index (χ0v) is 13.7. The standard InChI is InChI=1S/C18H30O2/c1-15(2)19-12-7-6-8-13-20-17-11-9-10-16(14-17)18(3,4)5/h9-11,14-15H,6-8,12-13H2,1-5H3. The minimum Gasteiger partial charge on any atom is -0.494 e. The van der Waals surface area contributed by atoms with E-state index >= 15 is 0 Å². The second-order valence-electron chi connectivity index (χ2n) is 6.61. The van der Waals surface area contributed by atoms with Crippen molar-refractivity contribution in [1.29, 1.82) is 0 Å². The summed E-state index contributed by atoms with van der Waals surface area (Å²) in [5, 5.41) is 0. The molecule has 0 aliphatic rings. The largest absolute Gasteiger partial charge is 0.494 e. The highest BCUT2D eigenvalue weighted by Gasteiger charge is 2.13. The zero-order chi connectivity index (χ0) is 15.0. The Hall–Kier alpha value is -1.02. The van der Waals surface area contributed by atoms with Crippen LogP contribution >= 0.6 is 0 Å². The third kappa shape index (κ3) is 6.95. The summed E-state index contributed by atoms with van der Waals surface area (Å²) in [5.41, 5.74) is 1.49. The molecule has 0 N–H and O–H groups in total. The predicted octanol–water partition coefficient (Wildman–Crippen LogP) is 4.96. The van der Waals surface area contributed by atoms with Crippen molar-refractivity contribution in [2.45, 2.75) is 65.4 Å². The van der Waals surface area contributed by atoms with Crippen LogP contribution in [0.4, 0.5) is 0 Å². The average molecular weight is 278 g/mol. The molecule has 0 heterocycles. The maximum atomic E-state index is 5.83. The van der Waals surface area contributed by atoms with Crippen LogP contribution in [-0.4, -0.2) is 19.3 Å². The van der Waals surface area contributed by atoms with Gasteiger partial charge in [0.2, 0.25) is 0 Å². The molecule has 0 spiro atoms. The first kappa shape index (κ1) is 17.0. The van der Waals surface area contributed by atoms with Crippen LogP contribution in [0.25, 0.3) is 0 Å². The first-order valence-corrected chi connectivity index (χ1v) is 7.74. The molecule has 1 aromatic carbocycles. The van der Waals surface area contributed by atoms with Crippen molar-refractivity contribution >= 4 is 0 Å². The van der Waals surface area contributed by atoms with Gasteiger partial charge in [-0.3, -0.25) is 0 Å². The topological polar surface area (TPSA) is 18.5 Å². The third-order valence-electron chi connectivity index (χ3n) is 3.21. The summed E-state index contributed by atoms with van der Waals surface area (Å²) in [6.45, 7) is 12.5. The molecular formula is C18H30O2. The van der Waals surface area contributed by atoms with Crippen LogP contribution in [-0.2, 0) is 10.2 Å². The maximum Gasteiger partial charge on any atom is 0.119 e. The Morgan fingerprint density at radius 2 is 1.70 bits per heavy atom. The van der Waals surface area contributed by atoms with E-state index in [4.69, 9.17) is 9.47 Å². The van der Waals surface area contributed by atoms with Crippen molar-refractivity contribution in [1.82, 2.24) is 0 Å². The third-order valence-corrected chi connectivity index (χ3v) is 3.21. The minimum absolute atomic E-state index is 0.174. The molecule has 0 amide bonds. The molecule has 1 rings (SSSR count). The Morgan fingerprint density at radius 1 is 1.00 bits per heavy atom. The lowest BCUT2D eigenvalue weighted by Gasteiger charge is -2.19. The number of ether oxygens (including phenoxy) is 2. The van der Waals surface area contributed by atoms with Crippen LogP contribution in [0.2, 0.25) is 0 Å². The van der Waals surface area contributed by atoms with E-state index < -0.39 is 0 Å². The molecule has 20 heavy (non-hydrogen) atoms. The second kappa shape index (κ2) is 8.31. The molecule has 114 valence electrons. The molecular weight excluding hydrogens is 248 g/mol. The molecule has 0 fully saturated rings. The highest BCUT2D eigenvalue weighted by atomic mass is 16.5. The van der Waals surface area contributed by atoms with Crippen LogP contribution in [0.5, 0.6) is 5.75 Å². The number of benzene rings is 1. The first-order chi connectivity index (χ1) is 9.39. The fourth-order valence-corrected chi connectivity index (χ4v) is 1.94. The Bertz CT molecular complexity index is 377. The summed E-state index contributed by atoms with van der Waals surface area (Å²) in [5.74, 6) is 0.982. The van der Waals surface area contributed by atoms with Gasteiger partial charge in [-0.1, -0.05) is 32.9 Å². The highest BCUT2D eigenvalue weighted by molar-refractivity contribution is 5.32. The Kier molecular flexibility index (Phi) is 7.08. The van der Waals surface area contributed by atoms with E-state index in [1.54, 1.807) is 0 Å². The summed E-state index contributed by atoms with van der Waals surface area (Å²) in [4.78, 5) is 0. The molecule has 2 nitrogen and oxygen atoms in total. The van der Waals surface area contributed by atoms with Gasteiger partial charge in [0.05, 0.1) is 12.7 Å².